The van der Waals surface area contributed by atoms with E-state index in [1.165, 1.54) is 14.5 Å². The van der Waals surface area contributed by atoms with Crippen molar-refractivity contribution in [3.05, 3.63) is 75.5 Å². The summed E-state index contributed by atoms with van der Waals surface area (Å²) in [5.74, 6) is 0. The molecule has 3 heteroatoms. The summed E-state index contributed by atoms with van der Waals surface area (Å²) in [4.78, 5) is 4.80. The minimum atomic E-state index is 0.231. The first kappa shape index (κ1) is 14.5. The van der Waals surface area contributed by atoms with Gasteiger partial charge in [-0.2, -0.15) is 0 Å². The van der Waals surface area contributed by atoms with Crippen LogP contribution in [0.25, 0.3) is 10.9 Å². The van der Waals surface area contributed by atoms with Crippen LogP contribution in [-0.4, -0.2) is 12.0 Å². The van der Waals surface area contributed by atoms with E-state index in [2.05, 4.69) is 76.4 Å². The largest absolute Gasteiger partial charge is 0.311 e. The van der Waals surface area contributed by atoms with Crippen LogP contribution in [-0.2, 0) is 6.42 Å². The first-order valence-electron chi connectivity index (χ1n) is 7.03. The number of aromatic nitrogens is 1. The van der Waals surface area contributed by atoms with Crippen LogP contribution < -0.4 is 5.32 Å². The molecular formula is C18H17IN2. The first-order chi connectivity index (χ1) is 10.3. The molecule has 0 saturated carbocycles. The number of nitrogens with one attached hydrogen (secondary N) is 1. The summed E-state index contributed by atoms with van der Waals surface area (Å²) in [7, 11) is 1.99. The van der Waals surface area contributed by atoms with Gasteiger partial charge in [-0.15, -0.1) is 0 Å². The van der Waals surface area contributed by atoms with Crippen molar-refractivity contribution in [3.8, 4) is 0 Å². The molecule has 0 aliphatic heterocycles. The van der Waals surface area contributed by atoms with Crippen LogP contribution in [0.5, 0.6) is 0 Å². The Morgan fingerprint density at radius 3 is 2.52 bits per heavy atom. The number of hydrogen-bond acceptors (Lipinski definition) is 2. The van der Waals surface area contributed by atoms with Crippen molar-refractivity contribution in [2.24, 2.45) is 0 Å². The molecule has 0 aliphatic carbocycles. The van der Waals surface area contributed by atoms with E-state index in [-0.39, 0.29) is 6.04 Å². The van der Waals surface area contributed by atoms with Gasteiger partial charge in [0, 0.05) is 8.96 Å². The second kappa shape index (κ2) is 6.54. The molecule has 1 atom stereocenters. The molecule has 21 heavy (non-hydrogen) atoms. The highest BCUT2D eigenvalue weighted by molar-refractivity contribution is 14.1. The van der Waals surface area contributed by atoms with E-state index < -0.39 is 0 Å². The summed E-state index contributed by atoms with van der Waals surface area (Å²) in [6.45, 7) is 0. The monoisotopic (exact) mass is 388 g/mol. The summed E-state index contributed by atoms with van der Waals surface area (Å²) in [5, 5.41) is 4.57. The van der Waals surface area contributed by atoms with Gasteiger partial charge in [0.25, 0.3) is 0 Å². The average molecular weight is 388 g/mol. The fraction of sp³-hybridized carbons (Fsp3) is 0.167. The quantitative estimate of drug-likeness (QED) is 0.673. The number of fused-ring (bicyclic) bond motifs is 1. The zero-order chi connectivity index (χ0) is 14.7. The van der Waals surface area contributed by atoms with Crippen LogP contribution in [0.3, 0.4) is 0 Å². The lowest BCUT2D eigenvalue weighted by Gasteiger charge is -2.16. The molecule has 0 amide bonds. The Morgan fingerprint density at radius 2 is 1.76 bits per heavy atom. The first-order valence-corrected chi connectivity index (χ1v) is 8.11. The third kappa shape index (κ3) is 3.41. The van der Waals surface area contributed by atoms with Gasteiger partial charge in [0.05, 0.1) is 17.3 Å². The normalized spacial score (nSPS) is 12.5. The van der Waals surface area contributed by atoms with Crippen LogP contribution >= 0.6 is 22.6 Å². The van der Waals surface area contributed by atoms with Crippen LogP contribution in [0.4, 0.5) is 0 Å². The minimum Gasteiger partial charge on any atom is -0.311 e. The Kier molecular flexibility index (Phi) is 4.51. The average Bonchev–Trinajstić information content (AvgIpc) is 2.54. The molecule has 2 aromatic carbocycles. The molecule has 3 rings (SSSR count). The molecule has 0 aliphatic rings. The second-order valence-electron chi connectivity index (χ2n) is 5.10. The maximum atomic E-state index is 4.80. The summed E-state index contributed by atoms with van der Waals surface area (Å²) in [5.41, 5.74) is 3.47. The standard InChI is InChI=1S/C18H17IN2/c1-20-18(12-13-6-9-15(19)10-7-13)17-11-8-14-4-2-3-5-16(14)21-17/h2-11,18,20H,12H2,1H3. The molecule has 3 aromatic rings. The zero-order valence-corrected chi connectivity index (χ0v) is 14.0. The van der Waals surface area contributed by atoms with E-state index in [0.29, 0.717) is 0 Å². The molecule has 0 fully saturated rings. The lowest BCUT2D eigenvalue weighted by Crippen LogP contribution is -2.20. The topological polar surface area (TPSA) is 24.9 Å². The zero-order valence-electron chi connectivity index (χ0n) is 11.9. The third-order valence-corrected chi connectivity index (χ3v) is 4.40. The highest BCUT2D eigenvalue weighted by atomic mass is 127. The fourth-order valence-corrected chi connectivity index (χ4v) is 2.85. The van der Waals surface area contributed by atoms with Gasteiger partial charge in [0.15, 0.2) is 0 Å². The molecule has 1 N–H and O–H groups in total. The SMILES string of the molecule is CNC(Cc1ccc(I)cc1)c1ccc2ccccc2n1. The summed E-state index contributed by atoms with van der Waals surface area (Å²) < 4.78 is 1.26. The second-order valence-corrected chi connectivity index (χ2v) is 6.35. The van der Waals surface area contributed by atoms with E-state index in [0.717, 1.165) is 17.6 Å². The number of hydrogen-bond donors (Lipinski definition) is 1. The predicted molar refractivity (Wildman–Crippen MR) is 96.4 cm³/mol. The highest BCUT2D eigenvalue weighted by Gasteiger charge is 2.12. The molecule has 2 nitrogen and oxygen atoms in total. The van der Waals surface area contributed by atoms with E-state index in [4.69, 9.17) is 4.98 Å². The van der Waals surface area contributed by atoms with E-state index in [9.17, 15) is 0 Å². The van der Waals surface area contributed by atoms with E-state index in [1.54, 1.807) is 0 Å². The van der Waals surface area contributed by atoms with Crippen molar-refractivity contribution in [2.75, 3.05) is 7.05 Å². The van der Waals surface area contributed by atoms with Crippen molar-refractivity contribution in [2.45, 2.75) is 12.5 Å². The lowest BCUT2D eigenvalue weighted by atomic mass is 10.0. The van der Waals surface area contributed by atoms with Gasteiger partial charge < -0.3 is 5.32 Å². The van der Waals surface area contributed by atoms with Gasteiger partial charge in [0.2, 0.25) is 0 Å². The van der Waals surface area contributed by atoms with Gasteiger partial charge in [0.1, 0.15) is 0 Å². The molecule has 1 unspecified atom stereocenters. The molecule has 1 heterocycles. The van der Waals surface area contributed by atoms with Crippen molar-refractivity contribution in [3.63, 3.8) is 0 Å². The number of rotatable bonds is 4. The maximum Gasteiger partial charge on any atom is 0.0706 e. The number of halogens is 1. The van der Waals surface area contributed by atoms with Crippen LogP contribution in [0.1, 0.15) is 17.3 Å². The Labute approximate surface area is 138 Å². The van der Waals surface area contributed by atoms with E-state index in [1.807, 2.05) is 19.2 Å². The summed E-state index contributed by atoms with van der Waals surface area (Å²) in [6.07, 6.45) is 0.943. The molecule has 0 bridgehead atoms. The van der Waals surface area contributed by atoms with E-state index >= 15 is 0 Å². The number of likely N-dealkylation sites (N-methyl/N-ethyl adjacent to an activating group) is 1. The van der Waals surface area contributed by atoms with Crippen molar-refractivity contribution in [1.29, 1.82) is 0 Å². The van der Waals surface area contributed by atoms with Crippen LogP contribution in [0.15, 0.2) is 60.7 Å². The van der Waals surface area contributed by atoms with Gasteiger partial charge in [-0.05, 0) is 65.9 Å². The summed E-state index contributed by atoms with van der Waals surface area (Å²) >= 11 is 2.33. The molecule has 0 spiro atoms. The number of pyridine rings is 1. The van der Waals surface area contributed by atoms with Crippen molar-refractivity contribution in [1.82, 2.24) is 10.3 Å². The van der Waals surface area contributed by atoms with Gasteiger partial charge in [-0.3, -0.25) is 4.98 Å². The number of nitrogens with zero attached hydrogens (tertiary/aromatic N) is 1. The fourth-order valence-electron chi connectivity index (χ4n) is 2.49. The van der Waals surface area contributed by atoms with Gasteiger partial charge in [-0.25, -0.2) is 0 Å². The minimum absolute atomic E-state index is 0.231. The molecule has 106 valence electrons. The number of benzene rings is 2. The molecule has 1 aromatic heterocycles. The van der Waals surface area contributed by atoms with Crippen molar-refractivity contribution < 1.29 is 0 Å². The predicted octanol–water partition coefficient (Wildman–Crippen LogP) is 4.34. The summed E-state index contributed by atoms with van der Waals surface area (Å²) in [6, 6.07) is 21.4. The molecule has 0 radical (unpaired) electrons. The molecule has 0 saturated heterocycles. The smallest absolute Gasteiger partial charge is 0.0706 e. The Bertz CT molecular complexity index is 738. The Hall–Kier alpha value is -1.46. The maximum absolute atomic E-state index is 4.80. The van der Waals surface area contributed by atoms with Crippen molar-refractivity contribution >= 4 is 33.5 Å². The highest BCUT2D eigenvalue weighted by Crippen LogP contribution is 2.20. The molecular weight excluding hydrogens is 371 g/mol. The Balaban J connectivity index is 1.88. The number of para-hydroxylation sites is 1. The lowest BCUT2D eigenvalue weighted by molar-refractivity contribution is 0.578. The van der Waals surface area contributed by atoms with Crippen LogP contribution in [0, 0.1) is 3.57 Å². The Morgan fingerprint density at radius 1 is 1.00 bits per heavy atom. The third-order valence-electron chi connectivity index (χ3n) is 3.68. The van der Waals surface area contributed by atoms with Gasteiger partial charge in [-0.1, -0.05) is 36.4 Å². The van der Waals surface area contributed by atoms with Gasteiger partial charge >= 0.3 is 0 Å². The van der Waals surface area contributed by atoms with Crippen LogP contribution in [0.2, 0.25) is 0 Å².